The highest BCUT2D eigenvalue weighted by Crippen LogP contribution is 2.18. The molecule has 1 atom stereocenters. The summed E-state index contributed by atoms with van der Waals surface area (Å²) in [7, 11) is 2.14. The molecule has 0 aliphatic heterocycles. The van der Waals surface area contributed by atoms with Crippen molar-refractivity contribution in [1.29, 1.82) is 0 Å². The van der Waals surface area contributed by atoms with Gasteiger partial charge in [-0.1, -0.05) is 0 Å². The fraction of sp³-hybridized carbons (Fsp3) is 0.667. The summed E-state index contributed by atoms with van der Waals surface area (Å²) in [5.41, 5.74) is 0. The van der Waals surface area contributed by atoms with Crippen LogP contribution < -0.4 is 5.32 Å². The predicted molar refractivity (Wildman–Crippen MR) is 60.7 cm³/mol. The zero-order valence-corrected chi connectivity index (χ0v) is 9.57. The van der Waals surface area contributed by atoms with E-state index in [-0.39, 0.29) is 0 Å². The van der Waals surface area contributed by atoms with Crippen LogP contribution in [0.25, 0.3) is 0 Å². The Morgan fingerprint density at radius 2 is 2.40 bits per heavy atom. The molecule has 1 N–H and O–H groups in total. The second kappa shape index (κ2) is 4.81. The number of furan rings is 1. The summed E-state index contributed by atoms with van der Waals surface area (Å²) in [6.45, 7) is 4.21. The number of rotatable bonds is 6. The Labute approximate surface area is 91.4 Å². The topological polar surface area (TPSA) is 28.4 Å². The molecule has 1 aromatic rings. The van der Waals surface area contributed by atoms with E-state index in [0.29, 0.717) is 6.04 Å². The van der Waals surface area contributed by atoms with E-state index in [1.165, 1.54) is 12.8 Å². The molecular weight excluding hydrogens is 188 g/mol. The van der Waals surface area contributed by atoms with Crippen LogP contribution in [0.5, 0.6) is 0 Å². The third-order valence-electron chi connectivity index (χ3n) is 3.02. The van der Waals surface area contributed by atoms with Crippen LogP contribution in [0.2, 0.25) is 0 Å². The van der Waals surface area contributed by atoms with E-state index in [1.807, 2.05) is 12.1 Å². The van der Waals surface area contributed by atoms with E-state index in [2.05, 4.69) is 24.2 Å². The quantitative estimate of drug-likeness (QED) is 0.773. The third kappa shape index (κ3) is 3.36. The molecule has 1 fully saturated rings. The van der Waals surface area contributed by atoms with E-state index in [4.69, 9.17) is 4.42 Å². The van der Waals surface area contributed by atoms with Crippen molar-refractivity contribution in [2.45, 2.75) is 38.4 Å². The highest BCUT2D eigenvalue weighted by Gasteiger charge is 2.21. The van der Waals surface area contributed by atoms with Crippen molar-refractivity contribution in [1.82, 2.24) is 10.2 Å². The Bertz CT molecular complexity index is 280. The zero-order chi connectivity index (χ0) is 10.7. The Morgan fingerprint density at radius 1 is 1.60 bits per heavy atom. The lowest BCUT2D eigenvalue weighted by Crippen LogP contribution is -2.38. The van der Waals surface area contributed by atoms with E-state index in [9.17, 15) is 0 Å². The SMILES string of the molecule is CC(CNC1CC1)N(C)Cc1ccco1. The second-order valence-electron chi connectivity index (χ2n) is 4.53. The first-order chi connectivity index (χ1) is 7.25. The highest BCUT2D eigenvalue weighted by atomic mass is 16.3. The Balaban J connectivity index is 1.71. The molecular formula is C12H20N2O. The fourth-order valence-corrected chi connectivity index (χ4v) is 1.58. The molecule has 84 valence electrons. The van der Waals surface area contributed by atoms with Crippen molar-refractivity contribution >= 4 is 0 Å². The van der Waals surface area contributed by atoms with Gasteiger partial charge in [0.15, 0.2) is 0 Å². The van der Waals surface area contributed by atoms with Crippen molar-refractivity contribution in [2.75, 3.05) is 13.6 Å². The molecule has 1 aliphatic rings. The van der Waals surface area contributed by atoms with Crippen LogP contribution in [0.1, 0.15) is 25.5 Å². The molecule has 1 aliphatic carbocycles. The zero-order valence-electron chi connectivity index (χ0n) is 9.57. The first-order valence-electron chi connectivity index (χ1n) is 5.71. The number of nitrogens with zero attached hydrogens (tertiary/aromatic N) is 1. The molecule has 1 heterocycles. The van der Waals surface area contributed by atoms with Gasteiger partial charge in [0.2, 0.25) is 0 Å². The van der Waals surface area contributed by atoms with Gasteiger partial charge < -0.3 is 9.73 Å². The van der Waals surface area contributed by atoms with Gasteiger partial charge in [0, 0.05) is 18.6 Å². The predicted octanol–water partition coefficient (Wildman–Crippen LogP) is 1.85. The first kappa shape index (κ1) is 10.7. The van der Waals surface area contributed by atoms with Crippen LogP contribution in [0.3, 0.4) is 0 Å². The van der Waals surface area contributed by atoms with Gasteiger partial charge in [-0.3, -0.25) is 4.90 Å². The van der Waals surface area contributed by atoms with Gasteiger partial charge in [0.05, 0.1) is 12.8 Å². The van der Waals surface area contributed by atoms with Crippen LogP contribution in [0.4, 0.5) is 0 Å². The molecule has 0 saturated heterocycles. The first-order valence-corrected chi connectivity index (χ1v) is 5.71. The van der Waals surface area contributed by atoms with Crippen molar-refractivity contribution in [3.8, 4) is 0 Å². The molecule has 1 aromatic heterocycles. The van der Waals surface area contributed by atoms with Crippen LogP contribution in [0, 0.1) is 0 Å². The van der Waals surface area contributed by atoms with Gasteiger partial charge in [0.25, 0.3) is 0 Å². The number of hydrogen-bond donors (Lipinski definition) is 1. The smallest absolute Gasteiger partial charge is 0.117 e. The minimum atomic E-state index is 0.552. The summed E-state index contributed by atoms with van der Waals surface area (Å²) in [5, 5.41) is 3.54. The molecule has 0 amide bonds. The van der Waals surface area contributed by atoms with Crippen LogP contribution in [0.15, 0.2) is 22.8 Å². The minimum absolute atomic E-state index is 0.552. The summed E-state index contributed by atoms with van der Waals surface area (Å²) in [5.74, 6) is 1.04. The Morgan fingerprint density at radius 3 is 3.00 bits per heavy atom. The van der Waals surface area contributed by atoms with Crippen LogP contribution in [-0.4, -0.2) is 30.6 Å². The fourth-order valence-electron chi connectivity index (χ4n) is 1.58. The third-order valence-corrected chi connectivity index (χ3v) is 3.02. The summed E-state index contributed by atoms with van der Waals surface area (Å²) in [4.78, 5) is 2.31. The molecule has 0 aromatic carbocycles. The molecule has 0 spiro atoms. The molecule has 1 unspecified atom stereocenters. The normalized spacial score (nSPS) is 18.3. The summed E-state index contributed by atoms with van der Waals surface area (Å²) in [6, 6.07) is 5.31. The van der Waals surface area contributed by atoms with Crippen molar-refractivity contribution in [2.24, 2.45) is 0 Å². The lowest BCUT2D eigenvalue weighted by Gasteiger charge is -2.23. The second-order valence-corrected chi connectivity index (χ2v) is 4.53. The molecule has 3 nitrogen and oxygen atoms in total. The summed E-state index contributed by atoms with van der Waals surface area (Å²) in [6.07, 6.45) is 4.44. The summed E-state index contributed by atoms with van der Waals surface area (Å²) < 4.78 is 5.33. The minimum Gasteiger partial charge on any atom is -0.468 e. The molecule has 3 heteroatoms. The molecule has 2 rings (SSSR count). The number of nitrogens with one attached hydrogen (secondary N) is 1. The maximum atomic E-state index is 5.33. The van der Waals surface area contributed by atoms with Crippen molar-refractivity contribution in [3.63, 3.8) is 0 Å². The van der Waals surface area contributed by atoms with Gasteiger partial charge in [0.1, 0.15) is 5.76 Å². The molecule has 0 bridgehead atoms. The van der Waals surface area contributed by atoms with Crippen LogP contribution in [-0.2, 0) is 6.54 Å². The Kier molecular flexibility index (Phi) is 3.44. The van der Waals surface area contributed by atoms with E-state index >= 15 is 0 Å². The van der Waals surface area contributed by atoms with Crippen LogP contribution >= 0.6 is 0 Å². The number of likely N-dealkylation sites (N-methyl/N-ethyl adjacent to an activating group) is 1. The van der Waals surface area contributed by atoms with E-state index in [1.54, 1.807) is 6.26 Å². The highest BCUT2D eigenvalue weighted by molar-refractivity contribution is 4.98. The monoisotopic (exact) mass is 208 g/mol. The van der Waals surface area contributed by atoms with Crippen molar-refractivity contribution in [3.05, 3.63) is 24.2 Å². The Hall–Kier alpha value is -0.800. The summed E-state index contributed by atoms with van der Waals surface area (Å²) >= 11 is 0. The number of hydrogen-bond acceptors (Lipinski definition) is 3. The van der Waals surface area contributed by atoms with Gasteiger partial charge in [-0.25, -0.2) is 0 Å². The average molecular weight is 208 g/mol. The van der Waals surface area contributed by atoms with Gasteiger partial charge in [-0.15, -0.1) is 0 Å². The van der Waals surface area contributed by atoms with E-state index in [0.717, 1.165) is 24.9 Å². The molecule has 1 saturated carbocycles. The van der Waals surface area contributed by atoms with E-state index < -0.39 is 0 Å². The van der Waals surface area contributed by atoms with Crippen molar-refractivity contribution < 1.29 is 4.42 Å². The van der Waals surface area contributed by atoms with Gasteiger partial charge in [-0.2, -0.15) is 0 Å². The lowest BCUT2D eigenvalue weighted by atomic mass is 10.3. The maximum Gasteiger partial charge on any atom is 0.117 e. The molecule has 0 radical (unpaired) electrons. The average Bonchev–Trinajstić information content (AvgIpc) is 2.92. The lowest BCUT2D eigenvalue weighted by molar-refractivity contribution is 0.224. The largest absolute Gasteiger partial charge is 0.468 e. The van der Waals surface area contributed by atoms with Gasteiger partial charge >= 0.3 is 0 Å². The maximum absolute atomic E-state index is 5.33. The molecule has 15 heavy (non-hydrogen) atoms. The van der Waals surface area contributed by atoms with Gasteiger partial charge in [-0.05, 0) is 38.9 Å². The standard InChI is InChI=1S/C12H20N2O/c1-10(8-13-11-5-6-11)14(2)9-12-4-3-7-15-12/h3-4,7,10-11,13H,5-6,8-9H2,1-2H3.